The Kier molecular flexibility index (Phi) is 6.59. The molecular weight excluding hydrogens is 394 g/mol. The Labute approximate surface area is 171 Å². The Hall–Kier alpha value is -2.39. The first kappa shape index (κ1) is 21.3. The van der Waals surface area contributed by atoms with Crippen LogP contribution in [0.5, 0.6) is 5.75 Å². The molecule has 3 rings (SSSR count). The number of aromatic nitrogens is 1. The number of nitrogens with zero attached hydrogens (tertiary/aromatic N) is 3. The van der Waals surface area contributed by atoms with Crippen molar-refractivity contribution >= 4 is 15.9 Å². The van der Waals surface area contributed by atoms with Crippen LogP contribution in [0.3, 0.4) is 0 Å². The van der Waals surface area contributed by atoms with Gasteiger partial charge >= 0.3 is 0 Å². The summed E-state index contributed by atoms with van der Waals surface area (Å²) in [7, 11) is -2.08. The molecule has 0 N–H and O–H groups in total. The van der Waals surface area contributed by atoms with Crippen molar-refractivity contribution in [3.63, 3.8) is 0 Å². The maximum atomic E-state index is 13.0. The molecule has 2 heterocycles. The predicted molar refractivity (Wildman–Crippen MR) is 107 cm³/mol. The fraction of sp³-hybridized carbons (Fsp3) is 0.500. The average molecular weight is 422 g/mol. The number of methoxy groups -OCH3 is 1. The fourth-order valence-electron chi connectivity index (χ4n) is 3.59. The van der Waals surface area contributed by atoms with Gasteiger partial charge in [0.2, 0.25) is 15.9 Å². The van der Waals surface area contributed by atoms with Crippen molar-refractivity contribution in [2.45, 2.75) is 38.0 Å². The van der Waals surface area contributed by atoms with Gasteiger partial charge in [0.1, 0.15) is 16.3 Å². The van der Waals surface area contributed by atoms with E-state index in [1.165, 1.54) is 4.31 Å². The SMILES string of the molecule is COc1cccc(CCC(=O)N2CCCN(S(=O)(=O)c3c(C)noc3C)CC2)c1. The lowest BCUT2D eigenvalue weighted by Crippen LogP contribution is -2.37. The summed E-state index contributed by atoms with van der Waals surface area (Å²) < 4.78 is 37.7. The Morgan fingerprint density at radius 3 is 2.69 bits per heavy atom. The molecule has 1 aromatic carbocycles. The van der Waals surface area contributed by atoms with Crippen LogP contribution in [-0.2, 0) is 21.2 Å². The van der Waals surface area contributed by atoms with Crippen molar-refractivity contribution < 1.29 is 22.5 Å². The van der Waals surface area contributed by atoms with Crippen molar-refractivity contribution in [3.05, 3.63) is 41.3 Å². The molecule has 1 aromatic heterocycles. The molecule has 1 aliphatic rings. The van der Waals surface area contributed by atoms with E-state index < -0.39 is 10.0 Å². The highest BCUT2D eigenvalue weighted by atomic mass is 32.2. The van der Waals surface area contributed by atoms with E-state index in [-0.39, 0.29) is 23.1 Å². The van der Waals surface area contributed by atoms with E-state index in [9.17, 15) is 13.2 Å². The molecule has 0 spiro atoms. The molecule has 9 heteroatoms. The van der Waals surface area contributed by atoms with Crippen LogP contribution >= 0.6 is 0 Å². The molecule has 0 aliphatic carbocycles. The summed E-state index contributed by atoms with van der Waals surface area (Å²) in [4.78, 5) is 14.6. The van der Waals surface area contributed by atoms with E-state index in [1.807, 2.05) is 24.3 Å². The van der Waals surface area contributed by atoms with Crippen LogP contribution in [0.4, 0.5) is 0 Å². The number of amides is 1. The Balaban J connectivity index is 1.61. The third kappa shape index (κ3) is 4.79. The zero-order chi connectivity index (χ0) is 21.0. The highest BCUT2D eigenvalue weighted by Crippen LogP contribution is 2.24. The smallest absolute Gasteiger partial charge is 0.248 e. The van der Waals surface area contributed by atoms with Gasteiger partial charge in [-0.3, -0.25) is 4.79 Å². The molecule has 0 saturated carbocycles. The van der Waals surface area contributed by atoms with Crippen LogP contribution < -0.4 is 4.74 Å². The second-order valence-electron chi connectivity index (χ2n) is 7.14. The zero-order valence-electron chi connectivity index (χ0n) is 17.1. The van der Waals surface area contributed by atoms with Gasteiger partial charge < -0.3 is 14.2 Å². The number of benzene rings is 1. The summed E-state index contributed by atoms with van der Waals surface area (Å²) in [5.41, 5.74) is 1.40. The maximum absolute atomic E-state index is 13.0. The van der Waals surface area contributed by atoms with Crippen molar-refractivity contribution in [3.8, 4) is 5.75 Å². The van der Waals surface area contributed by atoms with Crippen LogP contribution in [0.1, 0.15) is 29.9 Å². The number of hydrogen-bond donors (Lipinski definition) is 0. The zero-order valence-corrected chi connectivity index (χ0v) is 17.9. The minimum Gasteiger partial charge on any atom is -0.497 e. The van der Waals surface area contributed by atoms with Gasteiger partial charge in [0.05, 0.1) is 7.11 Å². The Morgan fingerprint density at radius 2 is 2.00 bits per heavy atom. The summed E-state index contributed by atoms with van der Waals surface area (Å²) in [6.45, 7) is 4.77. The van der Waals surface area contributed by atoms with Crippen LogP contribution in [-0.4, -0.2) is 62.0 Å². The van der Waals surface area contributed by atoms with Gasteiger partial charge in [-0.1, -0.05) is 17.3 Å². The first-order chi connectivity index (χ1) is 13.8. The topological polar surface area (TPSA) is 93.0 Å². The highest BCUT2D eigenvalue weighted by molar-refractivity contribution is 7.89. The molecule has 1 saturated heterocycles. The van der Waals surface area contributed by atoms with E-state index >= 15 is 0 Å². The number of carbonyl (C=O) groups is 1. The number of rotatable bonds is 6. The molecule has 158 valence electrons. The minimum absolute atomic E-state index is 0.0319. The molecule has 1 fully saturated rings. The van der Waals surface area contributed by atoms with Crippen molar-refractivity contribution in [1.82, 2.24) is 14.4 Å². The lowest BCUT2D eigenvalue weighted by Gasteiger charge is -2.22. The van der Waals surface area contributed by atoms with Crippen molar-refractivity contribution in [1.29, 1.82) is 0 Å². The quantitative estimate of drug-likeness (QED) is 0.710. The normalized spacial score (nSPS) is 15.9. The average Bonchev–Trinajstić information content (AvgIpc) is 2.91. The van der Waals surface area contributed by atoms with Crippen molar-refractivity contribution in [2.24, 2.45) is 0 Å². The summed E-state index contributed by atoms with van der Waals surface area (Å²) in [5.74, 6) is 1.09. The van der Waals surface area contributed by atoms with Gasteiger partial charge in [-0.2, -0.15) is 4.31 Å². The number of sulfonamides is 1. The van der Waals surface area contributed by atoms with E-state index in [4.69, 9.17) is 9.26 Å². The molecule has 8 nitrogen and oxygen atoms in total. The summed E-state index contributed by atoms with van der Waals surface area (Å²) in [5, 5.41) is 3.76. The van der Waals surface area contributed by atoms with Crippen LogP contribution in [0.25, 0.3) is 0 Å². The summed E-state index contributed by atoms with van der Waals surface area (Å²) in [6, 6.07) is 7.67. The summed E-state index contributed by atoms with van der Waals surface area (Å²) in [6.07, 6.45) is 1.59. The maximum Gasteiger partial charge on any atom is 0.248 e. The number of carbonyl (C=O) groups excluding carboxylic acids is 1. The van der Waals surface area contributed by atoms with Crippen molar-refractivity contribution in [2.75, 3.05) is 33.3 Å². The third-order valence-corrected chi connectivity index (χ3v) is 7.28. The second-order valence-corrected chi connectivity index (χ2v) is 9.02. The number of hydrogen-bond acceptors (Lipinski definition) is 6. The lowest BCUT2D eigenvalue weighted by molar-refractivity contribution is -0.131. The lowest BCUT2D eigenvalue weighted by atomic mass is 10.1. The van der Waals surface area contributed by atoms with E-state index in [0.717, 1.165) is 11.3 Å². The van der Waals surface area contributed by atoms with Gasteiger partial charge in [-0.15, -0.1) is 0 Å². The number of aryl methyl sites for hydroxylation is 3. The van der Waals surface area contributed by atoms with Gasteiger partial charge in [0.25, 0.3) is 0 Å². The molecule has 1 amide bonds. The van der Waals surface area contributed by atoms with E-state index in [0.29, 0.717) is 44.6 Å². The van der Waals surface area contributed by atoms with E-state index in [1.54, 1.807) is 25.9 Å². The second kappa shape index (κ2) is 8.96. The highest BCUT2D eigenvalue weighted by Gasteiger charge is 2.32. The van der Waals surface area contributed by atoms with Crippen LogP contribution in [0.2, 0.25) is 0 Å². The molecule has 0 atom stereocenters. The van der Waals surface area contributed by atoms with Crippen LogP contribution in [0.15, 0.2) is 33.7 Å². The first-order valence-electron chi connectivity index (χ1n) is 9.66. The van der Waals surface area contributed by atoms with E-state index in [2.05, 4.69) is 5.16 Å². The first-order valence-corrected chi connectivity index (χ1v) is 11.1. The molecule has 1 aliphatic heterocycles. The van der Waals surface area contributed by atoms with Crippen LogP contribution in [0, 0.1) is 13.8 Å². The molecule has 29 heavy (non-hydrogen) atoms. The largest absolute Gasteiger partial charge is 0.497 e. The van der Waals surface area contributed by atoms with Gasteiger partial charge in [0.15, 0.2) is 5.76 Å². The summed E-state index contributed by atoms with van der Waals surface area (Å²) >= 11 is 0. The molecule has 2 aromatic rings. The molecule has 0 unspecified atom stereocenters. The fourth-order valence-corrected chi connectivity index (χ4v) is 5.35. The molecule has 0 bridgehead atoms. The van der Waals surface area contributed by atoms with Gasteiger partial charge in [0, 0.05) is 32.6 Å². The molecule has 0 radical (unpaired) electrons. The molecular formula is C20H27N3O5S. The van der Waals surface area contributed by atoms with Gasteiger partial charge in [-0.05, 0) is 44.4 Å². The Morgan fingerprint density at radius 1 is 1.21 bits per heavy atom. The third-order valence-electron chi connectivity index (χ3n) is 5.14. The standard InChI is InChI=1S/C20H27N3O5S/c1-15-20(16(2)28-21-15)29(25,26)23-11-5-10-22(12-13-23)19(24)9-8-17-6-4-7-18(14-17)27-3/h4,6-7,14H,5,8-13H2,1-3H3. The number of ether oxygens (including phenoxy) is 1. The predicted octanol–water partition coefficient (Wildman–Crippen LogP) is 2.16. The minimum atomic E-state index is -3.69. The monoisotopic (exact) mass is 421 g/mol. The Bertz CT molecular complexity index is 951. The van der Waals surface area contributed by atoms with Gasteiger partial charge in [-0.25, -0.2) is 8.42 Å².